The Hall–Kier alpha value is -0.650. The van der Waals surface area contributed by atoms with Crippen molar-refractivity contribution >= 4 is 5.91 Å². The highest BCUT2D eigenvalue weighted by Crippen LogP contribution is 2.01. The number of rotatable bonds is 7. The molecular weight excluding hydrogens is 194 g/mol. The molecule has 0 saturated carbocycles. The van der Waals surface area contributed by atoms with Crippen LogP contribution < -0.4 is 11.3 Å². The first-order valence-electron chi connectivity index (χ1n) is 5.35. The SMILES string of the molecule is CCC(C(=O)NN)N(C)CCOC(C)C. The van der Waals surface area contributed by atoms with Crippen LogP contribution in [0, 0.1) is 0 Å². The molecule has 0 aliphatic carbocycles. The molecule has 1 amide bonds. The maximum atomic E-state index is 11.4. The van der Waals surface area contributed by atoms with Crippen molar-refractivity contribution in [2.75, 3.05) is 20.2 Å². The Morgan fingerprint density at radius 1 is 1.53 bits per heavy atom. The minimum atomic E-state index is -0.175. The van der Waals surface area contributed by atoms with Crippen molar-refractivity contribution < 1.29 is 9.53 Å². The molecule has 0 aliphatic heterocycles. The Morgan fingerprint density at radius 2 is 2.13 bits per heavy atom. The van der Waals surface area contributed by atoms with E-state index in [0.29, 0.717) is 6.61 Å². The van der Waals surface area contributed by atoms with Crippen LogP contribution in [0.25, 0.3) is 0 Å². The fourth-order valence-corrected chi connectivity index (χ4v) is 1.38. The van der Waals surface area contributed by atoms with Crippen LogP contribution in [0.3, 0.4) is 0 Å². The first-order valence-corrected chi connectivity index (χ1v) is 5.35. The molecule has 3 N–H and O–H groups in total. The average Bonchev–Trinajstić information content (AvgIpc) is 2.18. The second kappa shape index (κ2) is 7.62. The highest BCUT2D eigenvalue weighted by atomic mass is 16.5. The van der Waals surface area contributed by atoms with Gasteiger partial charge in [0.15, 0.2) is 0 Å². The minimum absolute atomic E-state index is 0.149. The summed E-state index contributed by atoms with van der Waals surface area (Å²) in [6, 6.07) is -0.175. The van der Waals surface area contributed by atoms with Gasteiger partial charge in [0.2, 0.25) is 0 Å². The molecule has 0 fully saturated rings. The van der Waals surface area contributed by atoms with Crippen molar-refractivity contribution in [2.45, 2.75) is 39.3 Å². The second-order valence-corrected chi connectivity index (χ2v) is 3.83. The van der Waals surface area contributed by atoms with Crippen LogP contribution in [0.5, 0.6) is 0 Å². The third-order valence-electron chi connectivity index (χ3n) is 2.26. The zero-order valence-corrected chi connectivity index (χ0v) is 10.1. The smallest absolute Gasteiger partial charge is 0.251 e. The predicted molar refractivity (Wildman–Crippen MR) is 60.1 cm³/mol. The van der Waals surface area contributed by atoms with Gasteiger partial charge in [0.05, 0.1) is 18.8 Å². The molecule has 0 aromatic rings. The fraction of sp³-hybridized carbons (Fsp3) is 0.900. The van der Waals surface area contributed by atoms with Crippen LogP contribution in [-0.2, 0) is 9.53 Å². The largest absolute Gasteiger partial charge is 0.377 e. The van der Waals surface area contributed by atoms with Gasteiger partial charge < -0.3 is 4.74 Å². The van der Waals surface area contributed by atoms with E-state index in [2.05, 4.69) is 5.43 Å². The number of nitrogens with zero attached hydrogens (tertiary/aromatic N) is 1. The van der Waals surface area contributed by atoms with Gasteiger partial charge in [0.25, 0.3) is 5.91 Å². The van der Waals surface area contributed by atoms with Gasteiger partial charge in [-0.3, -0.25) is 15.1 Å². The van der Waals surface area contributed by atoms with Gasteiger partial charge in [-0.05, 0) is 27.3 Å². The Labute approximate surface area is 91.9 Å². The van der Waals surface area contributed by atoms with Crippen LogP contribution in [0.4, 0.5) is 0 Å². The molecule has 0 radical (unpaired) electrons. The zero-order chi connectivity index (χ0) is 11.8. The van der Waals surface area contributed by atoms with E-state index in [4.69, 9.17) is 10.6 Å². The van der Waals surface area contributed by atoms with E-state index in [1.54, 1.807) is 0 Å². The van der Waals surface area contributed by atoms with Crippen molar-refractivity contribution in [1.82, 2.24) is 10.3 Å². The van der Waals surface area contributed by atoms with Crippen LogP contribution >= 0.6 is 0 Å². The Kier molecular flexibility index (Phi) is 7.29. The molecule has 0 spiro atoms. The molecule has 1 unspecified atom stereocenters. The molecule has 5 nitrogen and oxygen atoms in total. The molecule has 1 atom stereocenters. The first-order chi connectivity index (χ1) is 7.02. The number of carbonyl (C=O) groups excluding carboxylic acids is 1. The van der Waals surface area contributed by atoms with Crippen LogP contribution in [0.2, 0.25) is 0 Å². The van der Waals surface area contributed by atoms with Crippen LogP contribution in [-0.4, -0.2) is 43.2 Å². The number of ether oxygens (including phenoxy) is 1. The normalized spacial score (nSPS) is 13.3. The summed E-state index contributed by atoms with van der Waals surface area (Å²) in [6.07, 6.45) is 0.961. The molecular formula is C10H23N3O2. The van der Waals surface area contributed by atoms with Crippen molar-refractivity contribution in [3.63, 3.8) is 0 Å². The maximum absolute atomic E-state index is 11.4. The van der Waals surface area contributed by atoms with Gasteiger partial charge in [-0.1, -0.05) is 6.92 Å². The number of hydrogen-bond donors (Lipinski definition) is 2. The molecule has 0 aliphatic rings. The van der Waals surface area contributed by atoms with E-state index in [-0.39, 0.29) is 18.1 Å². The quantitative estimate of drug-likeness (QED) is 0.361. The summed E-state index contributed by atoms with van der Waals surface area (Å²) in [4.78, 5) is 13.3. The summed E-state index contributed by atoms with van der Waals surface area (Å²) in [7, 11) is 1.90. The molecule has 15 heavy (non-hydrogen) atoms. The Balaban J connectivity index is 3.93. The molecule has 0 heterocycles. The van der Waals surface area contributed by atoms with Crippen LogP contribution in [0.15, 0.2) is 0 Å². The molecule has 0 aromatic carbocycles. The topological polar surface area (TPSA) is 67.6 Å². The number of nitrogens with two attached hydrogens (primary N) is 1. The molecule has 0 bridgehead atoms. The molecule has 0 saturated heterocycles. The number of hydrazine groups is 1. The van der Waals surface area contributed by atoms with Gasteiger partial charge in [0.1, 0.15) is 0 Å². The van der Waals surface area contributed by atoms with Crippen molar-refractivity contribution in [2.24, 2.45) is 5.84 Å². The van der Waals surface area contributed by atoms with Gasteiger partial charge in [0, 0.05) is 6.54 Å². The van der Waals surface area contributed by atoms with E-state index >= 15 is 0 Å². The molecule has 0 aromatic heterocycles. The van der Waals surface area contributed by atoms with Crippen LogP contribution in [0.1, 0.15) is 27.2 Å². The van der Waals surface area contributed by atoms with E-state index in [9.17, 15) is 4.79 Å². The van der Waals surface area contributed by atoms with Gasteiger partial charge in [-0.25, -0.2) is 5.84 Å². The lowest BCUT2D eigenvalue weighted by molar-refractivity contribution is -0.126. The van der Waals surface area contributed by atoms with Crippen molar-refractivity contribution in [1.29, 1.82) is 0 Å². The fourth-order valence-electron chi connectivity index (χ4n) is 1.38. The lowest BCUT2D eigenvalue weighted by Crippen LogP contribution is -2.48. The predicted octanol–water partition coefficient (Wildman–Crippen LogP) is 0.112. The van der Waals surface area contributed by atoms with E-state index in [1.165, 1.54) is 0 Å². The van der Waals surface area contributed by atoms with Gasteiger partial charge in [-0.15, -0.1) is 0 Å². The highest BCUT2D eigenvalue weighted by Gasteiger charge is 2.19. The van der Waals surface area contributed by atoms with Crippen molar-refractivity contribution in [3.8, 4) is 0 Å². The minimum Gasteiger partial charge on any atom is -0.377 e. The lowest BCUT2D eigenvalue weighted by Gasteiger charge is -2.25. The van der Waals surface area contributed by atoms with E-state index in [1.807, 2.05) is 32.7 Å². The monoisotopic (exact) mass is 217 g/mol. The number of nitrogens with one attached hydrogen (secondary N) is 1. The van der Waals surface area contributed by atoms with E-state index < -0.39 is 0 Å². The maximum Gasteiger partial charge on any atom is 0.251 e. The molecule has 90 valence electrons. The summed E-state index contributed by atoms with van der Waals surface area (Å²) < 4.78 is 5.42. The summed E-state index contributed by atoms with van der Waals surface area (Å²) in [5.41, 5.74) is 2.17. The van der Waals surface area contributed by atoms with Gasteiger partial charge >= 0.3 is 0 Å². The summed E-state index contributed by atoms with van der Waals surface area (Å²) in [5, 5.41) is 0. The third kappa shape index (κ3) is 5.71. The zero-order valence-electron chi connectivity index (χ0n) is 10.1. The summed E-state index contributed by atoms with van der Waals surface area (Å²) >= 11 is 0. The number of likely N-dealkylation sites (N-methyl/N-ethyl adjacent to an activating group) is 1. The summed E-state index contributed by atoms with van der Waals surface area (Å²) in [6.45, 7) is 7.29. The number of amides is 1. The second-order valence-electron chi connectivity index (χ2n) is 3.83. The lowest BCUT2D eigenvalue weighted by atomic mass is 10.2. The standard InChI is InChI=1S/C10H23N3O2/c1-5-9(10(14)12-11)13(4)6-7-15-8(2)3/h8-9H,5-7,11H2,1-4H3,(H,12,14). The average molecular weight is 217 g/mol. The highest BCUT2D eigenvalue weighted by molar-refractivity contribution is 5.80. The van der Waals surface area contributed by atoms with Crippen molar-refractivity contribution in [3.05, 3.63) is 0 Å². The molecule has 0 rings (SSSR count). The summed E-state index contributed by atoms with van der Waals surface area (Å²) in [5.74, 6) is 4.96. The Morgan fingerprint density at radius 3 is 2.53 bits per heavy atom. The third-order valence-corrected chi connectivity index (χ3v) is 2.26. The van der Waals surface area contributed by atoms with Gasteiger partial charge in [-0.2, -0.15) is 0 Å². The number of hydrogen-bond acceptors (Lipinski definition) is 4. The molecule has 5 heteroatoms. The van der Waals surface area contributed by atoms with E-state index in [0.717, 1.165) is 13.0 Å². The Bertz CT molecular complexity index is 186. The number of carbonyl (C=O) groups is 1. The first kappa shape index (κ1) is 14.3.